The number of ether oxygens (including phenoxy) is 1. The fourth-order valence-electron chi connectivity index (χ4n) is 4.45. The quantitative estimate of drug-likeness (QED) is 0.401. The molecule has 1 unspecified atom stereocenters. The van der Waals surface area contributed by atoms with Gasteiger partial charge in [0.05, 0.1) is 5.56 Å². The first-order valence-corrected chi connectivity index (χ1v) is 11.9. The molecule has 35 heavy (non-hydrogen) atoms. The van der Waals surface area contributed by atoms with E-state index in [1.165, 1.54) is 16.8 Å². The van der Waals surface area contributed by atoms with E-state index in [0.717, 1.165) is 37.0 Å². The number of fused-ring (bicyclic) bond motifs is 1. The Morgan fingerprint density at radius 3 is 2.37 bits per heavy atom. The summed E-state index contributed by atoms with van der Waals surface area (Å²) in [6, 6.07) is 18.3. The molecule has 4 rings (SSSR count). The van der Waals surface area contributed by atoms with Crippen LogP contribution in [0.4, 0.5) is 5.69 Å². The minimum absolute atomic E-state index is 0. The summed E-state index contributed by atoms with van der Waals surface area (Å²) in [5.74, 6) is 0.631. The lowest BCUT2D eigenvalue weighted by Crippen LogP contribution is -2.49. The second-order valence-electron chi connectivity index (χ2n) is 8.96. The Hall–Kier alpha value is -2.31. The summed E-state index contributed by atoms with van der Waals surface area (Å²) in [5.41, 5.74) is 4.49. The van der Waals surface area contributed by atoms with Crippen LogP contribution in [-0.2, 0) is 0 Å². The van der Waals surface area contributed by atoms with Gasteiger partial charge in [-0.05, 0) is 48.6 Å². The van der Waals surface area contributed by atoms with Crippen molar-refractivity contribution in [2.24, 2.45) is 0 Å². The van der Waals surface area contributed by atoms with Crippen LogP contribution in [0.15, 0.2) is 54.6 Å². The van der Waals surface area contributed by atoms with E-state index in [-0.39, 0.29) is 37.2 Å². The Balaban J connectivity index is 0.00000216. The zero-order chi connectivity index (χ0) is 23.4. The Morgan fingerprint density at radius 1 is 0.971 bits per heavy atom. The summed E-state index contributed by atoms with van der Waals surface area (Å²) in [6.07, 6.45) is -0.205. The molecular formula is C28H36Cl2N2O3. The van der Waals surface area contributed by atoms with Crippen molar-refractivity contribution in [1.29, 1.82) is 0 Å². The lowest BCUT2D eigenvalue weighted by atomic mass is 10.0. The molecule has 1 heterocycles. The minimum Gasteiger partial charge on any atom is -0.489 e. The number of β-amino-alcohol motifs (C(OH)–C–C–N with tert-alkyl or cyclic N) is 1. The first-order chi connectivity index (χ1) is 16.0. The van der Waals surface area contributed by atoms with E-state index in [4.69, 9.17) is 4.74 Å². The van der Waals surface area contributed by atoms with Gasteiger partial charge >= 0.3 is 0 Å². The molecule has 0 spiro atoms. The molecule has 1 atom stereocenters. The Morgan fingerprint density at radius 2 is 1.69 bits per heavy atom. The number of nitrogens with zero attached hydrogens (tertiary/aromatic N) is 2. The number of aliphatic hydroxyl groups is 1. The van der Waals surface area contributed by atoms with Gasteiger partial charge in [-0.2, -0.15) is 0 Å². The molecular weight excluding hydrogens is 483 g/mol. The Bertz CT molecular complexity index is 1130. The summed E-state index contributed by atoms with van der Waals surface area (Å²) in [4.78, 5) is 17.2. The maximum Gasteiger partial charge on any atom is 0.166 e. The van der Waals surface area contributed by atoms with Gasteiger partial charge in [-0.25, -0.2) is 0 Å². The number of rotatable bonds is 8. The van der Waals surface area contributed by atoms with Crippen LogP contribution in [0.2, 0.25) is 0 Å². The average Bonchev–Trinajstić information content (AvgIpc) is 2.84. The van der Waals surface area contributed by atoms with Gasteiger partial charge in [-0.3, -0.25) is 9.69 Å². The summed E-state index contributed by atoms with van der Waals surface area (Å²) in [6.45, 7) is 10.5. The Kier molecular flexibility index (Phi) is 10.8. The molecule has 0 amide bonds. The molecule has 1 aliphatic rings. The van der Waals surface area contributed by atoms with Crippen molar-refractivity contribution in [1.82, 2.24) is 4.90 Å². The number of halogens is 2. The predicted octanol–water partition coefficient (Wildman–Crippen LogP) is 5.45. The fourth-order valence-corrected chi connectivity index (χ4v) is 4.45. The number of anilines is 1. The zero-order valence-corrected chi connectivity index (χ0v) is 22.3. The number of hydrogen-bond donors (Lipinski definition) is 1. The summed E-state index contributed by atoms with van der Waals surface area (Å²) >= 11 is 0. The van der Waals surface area contributed by atoms with Gasteiger partial charge in [0.1, 0.15) is 18.5 Å². The van der Waals surface area contributed by atoms with Crippen LogP contribution >= 0.6 is 24.8 Å². The summed E-state index contributed by atoms with van der Waals surface area (Å²) in [7, 11) is 0. The third-order valence-corrected chi connectivity index (χ3v) is 6.62. The molecule has 1 aliphatic heterocycles. The van der Waals surface area contributed by atoms with Crippen molar-refractivity contribution in [2.75, 3.05) is 44.2 Å². The van der Waals surface area contributed by atoms with Crippen LogP contribution in [0.1, 0.15) is 34.8 Å². The highest BCUT2D eigenvalue weighted by molar-refractivity contribution is 6.04. The number of benzene rings is 3. The minimum atomic E-state index is -0.623. The van der Waals surface area contributed by atoms with Crippen molar-refractivity contribution >= 4 is 47.1 Å². The molecule has 0 aliphatic carbocycles. The lowest BCUT2D eigenvalue weighted by Gasteiger charge is -2.37. The number of carbonyl (C=O) groups excluding carboxylic acids is 1. The monoisotopic (exact) mass is 518 g/mol. The highest BCUT2D eigenvalue weighted by Gasteiger charge is 2.21. The van der Waals surface area contributed by atoms with Crippen LogP contribution in [0.25, 0.3) is 10.8 Å². The zero-order valence-electron chi connectivity index (χ0n) is 20.7. The van der Waals surface area contributed by atoms with Crippen molar-refractivity contribution in [2.45, 2.75) is 33.3 Å². The van der Waals surface area contributed by atoms with Crippen molar-refractivity contribution in [3.8, 4) is 5.75 Å². The predicted molar refractivity (Wildman–Crippen MR) is 149 cm³/mol. The topological polar surface area (TPSA) is 53.0 Å². The molecule has 0 bridgehead atoms. The van der Waals surface area contributed by atoms with Crippen LogP contribution < -0.4 is 9.64 Å². The highest BCUT2D eigenvalue weighted by Crippen LogP contribution is 2.31. The molecule has 1 saturated heterocycles. The fraction of sp³-hybridized carbons (Fsp3) is 0.393. The number of piperazine rings is 1. The van der Waals surface area contributed by atoms with Crippen molar-refractivity contribution in [3.63, 3.8) is 0 Å². The van der Waals surface area contributed by atoms with Gasteiger partial charge in [0, 0.05) is 50.2 Å². The number of aliphatic hydroxyl groups excluding tert-OH is 1. The molecule has 190 valence electrons. The van der Waals surface area contributed by atoms with E-state index in [9.17, 15) is 9.90 Å². The maximum absolute atomic E-state index is 12.5. The van der Waals surface area contributed by atoms with Gasteiger partial charge in [0.25, 0.3) is 0 Å². The molecule has 1 fully saturated rings. The van der Waals surface area contributed by atoms with Crippen LogP contribution in [-0.4, -0.2) is 61.2 Å². The average molecular weight is 520 g/mol. The van der Waals surface area contributed by atoms with E-state index in [1.807, 2.05) is 43.3 Å². The standard InChI is InChI=1S/C28H34N2O3.2ClH/c1-4-27(32)26-12-10-22-7-5-6-8-25(22)28(26)33-19-24(31)18-29-13-15-30(16-14-29)23-11-9-20(2)21(3)17-23;;/h5-12,17,24,31H,4,13-16,18-19H2,1-3H3;2*1H. The molecule has 0 saturated carbocycles. The summed E-state index contributed by atoms with van der Waals surface area (Å²) in [5, 5.41) is 12.6. The third kappa shape index (κ3) is 6.89. The van der Waals surface area contributed by atoms with Crippen LogP contribution in [0.3, 0.4) is 0 Å². The first kappa shape index (κ1) is 28.9. The Labute approximate surface area is 220 Å². The number of aryl methyl sites for hydroxylation is 2. The second-order valence-corrected chi connectivity index (χ2v) is 8.96. The second kappa shape index (κ2) is 13.1. The molecule has 3 aromatic rings. The van der Waals surface area contributed by atoms with Gasteiger partial charge in [0.2, 0.25) is 0 Å². The van der Waals surface area contributed by atoms with Gasteiger partial charge in [-0.1, -0.05) is 43.3 Å². The highest BCUT2D eigenvalue weighted by atomic mass is 35.5. The number of hydrogen-bond acceptors (Lipinski definition) is 5. The number of carbonyl (C=O) groups is 1. The van der Waals surface area contributed by atoms with E-state index >= 15 is 0 Å². The molecule has 5 nitrogen and oxygen atoms in total. The molecule has 0 aromatic heterocycles. The largest absolute Gasteiger partial charge is 0.489 e. The third-order valence-electron chi connectivity index (χ3n) is 6.62. The maximum atomic E-state index is 12.5. The molecule has 3 aromatic carbocycles. The van der Waals surface area contributed by atoms with E-state index < -0.39 is 6.10 Å². The van der Waals surface area contributed by atoms with Gasteiger partial charge in [-0.15, -0.1) is 24.8 Å². The SMILES string of the molecule is CCC(=O)c1ccc2ccccc2c1OCC(O)CN1CCN(c2ccc(C)c(C)c2)CC1.Cl.Cl. The summed E-state index contributed by atoms with van der Waals surface area (Å²) < 4.78 is 6.08. The molecule has 1 N–H and O–H groups in total. The van der Waals surface area contributed by atoms with E-state index in [0.29, 0.717) is 24.3 Å². The van der Waals surface area contributed by atoms with Crippen molar-refractivity contribution in [3.05, 3.63) is 71.3 Å². The smallest absolute Gasteiger partial charge is 0.166 e. The van der Waals surface area contributed by atoms with Crippen LogP contribution in [0.5, 0.6) is 5.75 Å². The van der Waals surface area contributed by atoms with Crippen molar-refractivity contribution < 1.29 is 14.6 Å². The first-order valence-electron chi connectivity index (χ1n) is 11.9. The molecule has 0 radical (unpaired) electrons. The number of ketones is 1. The van der Waals surface area contributed by atoms with Gasteiger partial charge in [0.15, 0.2) is 5.78 Å². The number of Topliss-reactive ketones (excluding diaryl/α,β-unsaturated/α-hetero) is 1. The van der Waals surface area contributed by atoms with E-state index in [1.54, 1.807) is 0 Å². The van der Waals surface area contributed by atoms with E-state index in [2.05, 4.69) is 41.8 Å². The normalized spacial score (nSPS) is 14.7. The molecule has 7 heteroatoms. The van der Waals surface area contributed by atoms with Crippen LogP contribution in [0, 0.1) is 13.8 Å². The van der Waals surface area contributed by atoms with Gasteiger partial charge < -0.3 is 14.7 Å². The lowest BCUT2D eigenvalue weighted by molar-refractivity contribution is 0.0661.